The Balaban J connectivity index is 1.67. The van der Waals surface area contributed by atoms with E-state index in [1.54, 1.807) is 11.1 Å². The van der Waals surface area contributed by atoms with Crippen molar-refractivity contribution in [3.63, 3.8) is 0 Å². The van der Waals surface area contributed by atoms with Gasteiger partial charge < -0.3 is 19.5 Å². The van der Waals surface area contributed by atoms with Crippen LogP contribution in [0, 0.1) is 0 Å². The van der Waals surface area contributed by atoms with Gasteiger partial charge in [0.25, 0.3) is 0 Å². The second-order valence-electron chi connectivity index (χ2n) is 10.3. The molecule has 1 fully saturated rings. The molecule has 0 radical (unpaired) electrons. The van der Waals surface area contributed by atoms with Crippen LogP contribution in [0.5, 0.6) is 0 Å². The summed E-state index contributed by atoms with van der Waals surface area (Å²) in [6.07, 6.45) is 4.42. The van der Waals surface area contributed by atoms with Gasteiger partial charge >= 0.3 is 12.0 Å². The zero-order valence-electron chi connectivity index (χ0n) is 21.9. The monoisotopic (exact) mass is 480 g/mol. The highest BCUT2D eigenvalue weighted by molar-refractivity contribution is 6.18. The van der Waals surface area contributed by atoms with Crippen molar-refractivity contribution >= 4 is 28.5 Å². The van der Waals surface area contributed by atoms with E-state index in [1.807, 2.05) is 30.0 Å². The molecule has 7 nitrogen and oxygen atoms in total. The van der Waals surface area contributed by atoms with Crippen LogP contribution in [0.1, 0.15) is 65.1 Å². The number of carbonyl (C=O) groups is 2. The first-order valence-electron chi connectivity index (χ1n) is 13.1. The molecule has 0 spiro atoms. The predicted octanol–water partition coefficient (Wildman–Crippen LogP) is 4.98. The smallest absolute Gasteiger partial charge is 0.341 e. The minimum atomic E-state index is -0.393. The summed E-state index contributed by atoms with van der Waals surface area (Å²) in [7, 11) is 0. The lowest BCUT2D eigenvalue weighted by atomic mass is 9.82. The number of esters is 1. The molecular formula is C28H40N4O3. The minimum Gasteiger partial charge on any atom is -0.462 e. The number of H-pyrrole nitrogens is 1. The van der Waals surface area contributed by atoms with Crippen LogP contribution in [0.15, 0.2) is 30.5 Å². The molecule has 2 aliphatic heterocycles. The van der Waals surface area contributed by atoms with Crippen LogP contribution in [-0.2, 0) is 14.9 Å². The fourth-order valence-corrected chi connectivity index (χ4v) is 5.71. The van der Waals surface area contributed by atoms with Gasteiger partial charge in [0.15, 0.2) is 0 Å². The van der Waals surface area contributed by atoms with E-state index in [0.29, 0.717) is 24.8 Å². The van der Waals surface area contributed by atoms with Crippen LogP contribution >= 0.6 is 0 Å². The highest BCUT2D eigenvalue weighted by Gasteiger charge is 2.39. The Kier molecular flexibility index (Phi) is 7.55. The maximum absolute atomic E-state index is 13.8. The number of hydrogen-bond acceptors (Lipinski definition) is 4. The molecular weight excluding hydrogens is 440 g/mol. The van der Waals surface area contributed by atoms with Crippen molar-refractivity contribution in [2.24, 2.45) is 0 Å². The van der Waals surface area contributed by atoms with Gasteiger partial charge in [-0.25, -0.2) is 9.59 Å². The van der Waals surface area contributed by atoms with E-state index < -0.39 is 5.97 Å². The van der Waals surface area contributed by atoms with Gasteiger partial charge in [-0.15, -0.1) is 0 Å². The number of fused-ring (bicyclic) bond motifs is 3. The maximum atomic E-state index is 13.8. The van der Waals surface area contributed by atoms with Crippen molar-refractivity contribution in [1.82, 2.24) is 19.7 Å². The summed E-state index contributed by atoms with van der Waals surface area (Å²) in [6.45, 7) is 15.0. The Morgan fingerprint density at radius 2 is 1.80 bits per heavy atom. The molecule has 1 aromatic carbocycles. The zero-order chi connectivity index (χ0) is 25.2. The van der Waals surface area contributed by atoms with Gasteiger partial charge in [-0.2, -0.15) is 0 Å². The number of urea groups is 1. The van der Waals surface area contributed by atoms with Crippen LogP contribution in [-0.4, -0.2) is 77.1 Å². The summed E-state index contributed by atoms with van der Waals surface area (Å²) in [5.41, 5.74) is 2.85. The number of ether oxygens (including phenoxy) is 1. The molecule has 0 saturated carbocycles. The van der Waals surface area contributed by atoms with Crippen LogP contribution in [0.2, 0.25) is 0 Å². The summed E-state index contributed by atoms with van der Waals surface area (Å²) in [5, 5.41) is 1.08. The number of carbonyl (C=O) groups excluding carboxylic acids is 2. The molecule has 35 heavy (non-hydrogen) atoms. The molecule has 1 saturated heterocycles. The number of rotatable bonds is 6. The molecule has 7 heteroatoms. The van der Waals surface area contributed by atoms with E-state index in [1.165, 1.54) is 0 Å². The van der Waals surface area contributed by atoms with Crippen molar-refractivity contribution in [3.8, 4) is 0 Å². The van der Waals surface area contributed by atoms with Crippen molar-refractivity contribution in [2.75, 3.05) is 39.3 Å². The normalized spacial score (nSPS) is 18.4. The van der Waals surface area contributed by atoms with E-state index in [4.69, 9.17) is 4.74 Å². The summed E-state index contributed by atoms with van der Waals surface area (Å²) in [4.78, 5) is 36.6. The van der Waals surface area contributed by atoms with Crippen molar-refractivity contribution < 1.29 is 14.3 Å². The van der Waals surface area contributed by atoms with Crippen LogP contribution in [0.3, 0.4) is 0 Å². The SMILES string of the molecule is CCCOC(=O)C1=CN(C(=O)N2CCC(N(CC)CC)CC2)CC(C)(C)c2c1[nH]c1ccccc21. The molecule has 2 aromatic rings. The first kappa shape index (κ1) is 25.3. The number of benzene rings is 1. The van der Waals surface area contributed by atoms with Gasteiger partial charge in [0.2, 0.25) is 0 Å². The lowest BCUT2D eigenvalue weighted by Crippen LogP contribution is -2.51. The molecule has 1 N–H and O–H groups in total. The Labute approximate surface area is 209 Å². The van der Waals surface area contributed by atoms with Gasteiger partial charge in [0.1, 0.15) is 0 Å². The van der Waals surface area contributed by atoms with E-state index in [0.717, 1.165) is 67.6 Å². The van der Waals surface area contributed by atoms with Gasteiger partial charge in [0, 0.05) is 48.2 Å². The second-order valence-corrected chi connectivity index (χ2v) is 10.3. The second kappa shape index (κ2) is 10.4. The number of piperidine rings is 1. The molecule has 4 rings (SSSR count). The van der Waals surface area contributed by atoms with Gasteiger partial charge in [-0.3, -0.25) is 4.90 Å². The minimum absolute atomic E-state index is 0.0358. The molecule has 190 valence electrons. The van der Waals surface area contributed by atoms with E-state index in [2.05, 4.69) is 43.6 Å². The van der Waals surface area contributed by atoms with Gasteiger partial charge in [-0.1, -0.05) is 52.8 Å². The van der Waals surface area contributed by atoms with Crippen molar-refractivity contribution in [1.29, 1.82) is 0 Å². The molecule has 1 aromatic heterocycles. The topological polar surface area (TPSA) is 68.9 Å². The van der Waals surface area contributed by atoms with Crippen LogP contribution < -0.4 is 0 Å². The average molecular weight is 481 g/mol. The predicted molar refractivity (Wildman–Crippen MR) is 140 cm³/mol. The number of amides is 2. The maximum Gasteiger partial charge on any atom is 0.341 e. The number of aromatic amines is 1. The highest BCUT2D eigenvalue weighted by atomic mass is 16.5. The molecule has 0 atom stereocenters. The third-order valence-corrected chi connectivity index (χ3v) is 7.47. The van der Waals surface area contributed by atoms with E-state index in [9.17, 15) is 9.59 Å². The lowest BCUT2D eigenvalue weighted by Gasteiger charge is -2.40. The Hall–Kier alpha value is -2.80. The van der Waals surface area contributed by atoms with Gasteiger partial charge in [-0.05, 0) is 44.0 Å². The fourth-order valence-electron chi connectivity index (χ4n) is 5.71. The lowest BCUT2D eigenvalue weighted by molar-refractivity contribution is -0.136. The number of hydrogen-bond donors (Lipinski definition) is 1. The molecule has 2 aliphatic rings. The Morgan fingerprint density at radius 1 is 1.11 bits per heavy atom. The third-order valence-electron chi connectivity index (χ3n) is 7.47. The quantitative estimate of drug-likeness (QED) is 0.592. The molecule has 3 heterocycles. The Bertz CT molecular complexity index is 1090. The highest BCUT2D eigenvalue weighted by Crippen LogP contribution is 2.40. The first-order valence-corrected chi connectivity index (χ1v) is 13.1. The zero-order valence-corrected chi connectivity index (χ0v) is 21.9. The summed E-state index contributed by atoms with van der Waals surface area (Å²) >= 11 is 0. The molecule has 2 amide bonds. The number of nitrogens with one attached hydrogen (secondary N) is 1. The van der Waals surface area contributed by atoms with Crippen molar-refractivity contribution in [3.05, 3.63) is 41.7 Å². The fraction of sp³-hybridized carbons (Fsp3) is 0.571. The number of aromatic nitrogens is 1. The molecule has 0 aliphatic carbocycles. The molecule has 0 bridgehead atoms. The largest absolute Gasteiger partial charge is 0.462 e. The number of nitrogens with zero attached hydrogens (tertiary/aromatic N) is 3. The van der Waals surface area contributed by atoms with E-state index >= 15 is 0 Å². The molecule has 0 unspecified atom stereocenters. The summed E-state index contributed by atoms with van der Waals surface area (Å²) in [6, 6.07) is 8.59. The number of likely N-dealkylation sites (tertiary alicyclic amines) is 1. The van der Waals surface area contributed by atoms with Gasteiger partial charge in [0.05, 0.1) is 17.9 Å². The van der Waals surface area contributed by atoms with Crippen molar-refractivity contribution in [2.45, 2.75) is 65.3 Å². The van der Waals surface area contributed by atoms with Crippen LogP contribution in [0.4, 0.5) is 4.79 Å². The standard InChI is InChI=1S/C28H40N4O3/c1-6-17-35-26(33)22-18-32(27(34)31-15-13-20(14-16-31)30(7-2)8-3)19-28(4,5)24-21-11-9-10-12-23(21)29-25(22)24/h9-12,18,20,29H,6-8,13-17,19H2,1-5H3. The van der Waals surface area contributed by atoms with Crippen LogP contribution in [0.25, 0.3) is 16.5 Å². The summed E-state index contributed by atoms with van der Waals surface area (Å²) in [5.74, 6) is -0.393. The number of para-hydroxylation sites is 1. The van der Waals surface area contributed by atoms with E-state index in [-0.39, 0.29) is 11.4 Å². The average Bonchev–Trinajstić information content (AvgIpc) is 3.21. The summed E-state index contributed by atoms with van der Waals surface area (Å²) < 4.78 is 5.56. The first-order chi connectivity index (χ1) is 16.8. The third kappa shape index (κ3) is 4.96. The Morgan fingerprint density at radius 3 is 2.46 bits per heavy atom.